The van der Waals surface area contributed by atoms with E-state index in [0.717, 1.165) is 16.7 Å². The van der Waals surface area contributed by atoms with E-state index in [-0.39, 0.29) is 28.0 Å². The number of nitrogens with zero attached hydrogens (tertiary/aromatic N) is 2. The molecule has 3 aromatic rings. The number of nitro groups is 1. The van der Waals surface area contributed by atoms with Gasteiger partial charge in [-0.2, -0.15) is 0 Å². The molecular weight excluding hydrogens is 414 g/mol. The number of amides is 1. The highest BCUT2D eigenvalue weighted by atomic mass is 16.6. The number of non-ortho nitro benzene ring substituents is 1. The molecule has 1 heterocycles. The first-order valence-electron chi connectivity index (χ1n) is 8.70. The van der Waals surface area contributed by atoms with Gasteiger partial charge in [0.25, 0.3) is 11.6 Å². The molecule has 12 nitrogen and oxygen atoms in total. The Balaban J connectivity index is 1.64. The largest absolute Gasteiger partial charge is 0.465 e. The van der Waals surface area contributed by atoms with Crippen molar-refractivity contribution in [2.24, 2.45) is 0 Å². The van der Waals surface area contributed by atoms with E-state index < -0.39 is 41.7 Å². The number of hydrogen-bond donors (Lipinski definition) is 1. The summed E-state index contributed by atoms with van der Waals surface area (Å²) in [5.74, 6) is -3.20. The first-order valence-corrected chi connectivity index (χ1v) is 8.70. The van der Waals surface area contributed by atoms with Crippen molar-refractivity contribution in [2.45, 2.75) is 6.54 Å². The number of aromatic nitrogens is 1. The number of esters is 2. The minimum atomic E-state index is -0.917. The minimum Gasteiger partial charge on any atom is -0.465 e. The molecule has 160 valence electrons. The number of ether oxygens (including phenoxy) is 2. The molecule has 0 saturated carbocycles. The van der Waals surface area contributed by atoms with Crippen molar-refractivity contribution in [3.8, 4) is 0 Å². The number of hydrogen-bond acceptors (Lipinski definition) is 9. The van der Waals surface area contributed by atoms with Gasteiger partial charge in [0, 0.05) is 6.07 Å². The van der Waals surface area contributed by atoms with Crippen LogP contribution in [0.15, 0.2) is 51.7 Å². The Bertz CT molecular complexity index is 1240. The maximum absolute atomic E-state index is 12.1. The van der Waals surface area contributed by atoms with E-state index >= 15 is 0 Å². The third-order valence-electron chi connectivity index (χ3n) is 4.12. The van der Waals surface area contributed by atoms with Crippen molar-refractivity contribution in [1.82, 2.24) is 4.57 Å². The Hall–Kier alpha value is -4.48. The Morgan fingerprint density at radius 2 is 1.94 bits per heavy atom. The molecule has 0 aliphatic carbocycles. The van der Waals surface area contributed by atoms with Crippen LogP contribution >= 0.6 is 0 Å². The van der Waals surface area contributed by atoms with E-state index in [4.69, 9.17) is 9.15 Å². The van der Waals surface area contributed by atoms with Crippen LogP contribution in [-0.4, -0.2) is 41.1 Å². The van der Waals surface area contributed by atoms with Crippen LogP contribution in [-0.2, 0) is 25.6 Å². The second-order valence-corrected chi connectivity index (χ2v) is 6.11. The number of rotatable bonds is 7. The number of anilines is 1. The molecule has 31 heavy (non-hydrogen) atoms. The molecule has 1 N–H and O–H groups in total. The SMILES string of the molecule is COC(=O)c1ccccc1NC(=O)COC(=O)Cn1c(=O)oc2cc([N+](=O)[O-])ccc21. The third-order valence-corrected chi connectivity index (χ3v) is 4.12. The van der Waals surface area contributed by atoms with Gasteiger partial charge in [0.05, 0.1) is 34.9 Å². The van der Waals surface area contributed by atoms with Gasteiger partial charge in [-0.3, -0.25) is 24.3 Å². The summed E-state index contributed by atoms with van der Waals surface area (Å²) >= 11 is 0. The quantitative estimate of drug-likeness (QED) is 0.333. The average molecular weight is 429 g/mol. The molecule has 3 rings (SSSR count). The molecule has 0 bridgehead atoms. The predicted molar refractivity (Wildman–Crippen MR) is 104 cm³/mol. The Kier molecular flexibility index (Phi) is 6.10. The van der Waals surface area contributed by atoms with Crippen molar-refractivity contribution in [2.75, 3.05) is 19.0 Å². The third kappa shape index (κ3) is 4.75. The highest BCUT2D eigenvalue weighted by Gasteiger charge is 2.18. The second-order valence-electron chi connectivity index (χ2n) is 6.11. The van der Waals surface area contributed by atoms with E-state index in [1.54, 1.807) is 12.1 Å². The molecule has 0 aliphatic rings. The van der Waals surface area contributed by atoms with Gasteiger partial charge >= 0.3 is 17.7 Å². The minimum absolute atomic E-state index is 0.0656. The Morgan fingerprint density at radius 3 is 2.65 bits per heavy atom. The summed E-state index contributed by atoms with van der Waals surface area (Å²) < 4.78 is 15.3. The first-order chi connectivity index (χ1) is 14.8. The lowest BCUT2D eigenvalue weighted by Crippen LogP contribution is -2.26. The fourth-order valence-corrected chi connectivity index (χ4v) is 2.71. The van der Waals surface area contributed by atoms with Crippen LogP contribution in [0.2, 0.25) is 0 Å². The number of nitrogens with one attached hydrogen (secondary N) is 1. The van der Waals surface area contributed by atoms with Gasteiger partial charge in [0.15, 0.2) is 12.2 Å². The van der Waals surface area contributed by atoms with E-state index in [0.29, 0.717) is 0 Å². The van der Waals surface area contributed by atoms with Crippen LogP contribution in [0.1, 0.15) is 10.4 Å². The summed E-state index contributed by atoms with van der Waals surface area (Å²) in [7, 11) is 1.20. The Morgan fingerprint density at radius 1 is 1.19 bits per heavy atom. The zero-order valence-electron chi connectivity index (χ0n) is 16.0. The topological polar surface area (TPSA) is 160 Å². The smallest absolute Gasteiger partial charge is 0.420 e. The summed E-state index contributed by atoms with van der Waals surface area (Å²) in [6.45, 7) is -1.25. The molecule has 0 aliphatic heterocycles. The first kappa shape index (κ1) is 21.2. The van der Waals surface area contributed by atoms with Crippen molar-refractivity contribution < 1.29 is 33.2 Å². The zero-order chi connectivity index (χ0) is 22.5. The van der Waals surface area contributed by atoms with Crippen molar-refractivity contribution >= 4 is 40.3 Å². The molecule has 12 heteroatoms. The highest BCUT2D eigenvalue weighted by Crippen LogP contribution is 2.20. The molecule has 2 aromatic carbocycles. The fourth-order valence-electron chi connectivity index (χ4n) is 2.71. The lowest BCUT2D eigenvalue weighted by Gasteiger charge is -2.10. The molecular formula is C19H15N3O9. The van der Waals surface area contributed by atoms with Crippen LogP contribution in [0, 0.1) is 10.1 Å². The number of fused-ring (bicyclic) bond motifs is 1. The van der Waals surface area contributed by atoms with Gasteiger partial charge in [0.2, 0.25) is 0 Å². The lowest BCUT2D eigenvalue weighted by molar-refractivity contribution is -0.384. The number of methoxy groups -OCH3 is 1. The van der Waals surface area contributed by atoms with Gasteiger partial charge in [0.1, 0.15) is 6.54 Å². The summed E-state index contributed by atoms with van der Waals surface area (Å²) in [4.78, 5) is 58.0. The van der Waals surface area contributed by atoms with Crippen LogP contribution < -0.4 is 11.1 Å². The molecule has 0 spiro atoms. The van der Waals surface area contributed by atoms with Gasteiger partial charge in [-0.05, 0) is 18.2 Å². The van der Waals surface area contributed by atoms with Crippen molar-refractivity contribution in [1.29, 1.82) is 0 Å². The summed E-state index contributed by atoms with van der Waals surface area (Å²) in [5, 5.41) is 13.2. The normalized spacial score (nSPS) is 10.5. The maximum Gasteiger partial charge on any atom is 0.420 e. The summed E-state index contributed by atoms with van der Waals surface area (Å²) in [6.07, 6.45) is 0. The fraction of sp³-hybridized carbons (Fsp3) is 0.158. The lowest BCUT2D eigenvalue weighted by atomic mass is 10.2. The van der Waals surface area contributed by atoms with Crippen LogP contribution in [0.4, 0.5) is 11.4 Å². The van der Waals surface area contributed by atoms with Crippen LogP contribution in [0.5, 0.6) is 0 Å². The highest BCUT2D eigenvalue weighted by molar-refractivity contribution is 6.01. The van der Waals surface area contributed by atoms with Gasteiger partial charge in [-0.25, -0.2) is 9.59 Å². The molecule has 0 unspecified atom stereocenters. The van der Waals surface area contributed by atoms with E-state index in [1.807, 2.05) is 0 Å². The zero-order valence-corrected chi connectivity index (χ0v) is 16.0. The average Bonchev–Trinajstić information content (AvgIpc) is 3.06. The van der Waals surface area contributed by atoms with Crippen LogP contribution in [0.25, 0.3) is 11.1 Å². The van der Waals surface area contributed by atoms with E-state index in [2.05, 4.69) is 10.1 Å². The number of carbonyl (C=O) groups excluding carboxylic acids is 3. The number of carbonyl (C=O) groups is 3. The number of para-hydroxylation sites is 1. The Labute approximate surface area is 173 Å². The molecule has 1 amide bonds. The molecule has 0 radical (unpaired) electrons. The van der Waals surface area contributed by atoms with Crippen molar-refractivity contribution in [3.63, 3.8) is 0 Å². The molecule has 0 atom stereocenters. The van der Waals surface area contributed by atoms with Gasteiger partial charge < -0.3 is 19.2 Å². The van der Waals surface area contributed by atoms with Gasteiger partial charge in [-0.1, -0.05) is 12.1 Å². The van der Waals surface area contributed by atoms with E-state index in [1.165, 1.54) is 25.3 Å². The number of oxazole rings is 1. The van der Waals surface area contributed by atoms with Gasteiger partial charge in [-0.15, -0.1) is 0 Å². The molecule has 0 fully saturated rings. The summed E-state index contributed by atoms with van der Waals surface area (Å²) in [6, 6.07) is 9.59. The number of nitro benzene ring substituents is 1. The predicted octanol–water partition coefficient (Wildman–Crippen LogP) is 1.47. The monoisotopic (exact) mass is 429 g/mol. The maximum atomic E-state index is 12.1. The number of benzene rings is 2. The van der Waals surface area contributed by atoms with Crippen molar-refractivity contribution in [3.05, 3.63) is 68.7 Å². The second kappa shape index (κ2) is 8.90. The van der Waals surface area contributed by atoms with Crippen LogP contribution in [0.3, 0.4) is 0 Å². The summed E-state index contributed by atoms with van der Waals surface area (Å²) in [5.41, 5.74) is 0.109. The molecule has 0 saturated heterocycles. The van der Waals surface area contributed by atoms with E-state index in [9.17, 15) is 29.3 Å². The molecule has 1 aromatic heterocycles. The standard InChI is InChI=1S/C19H15N3O9/c1-29-18(25)12-4-2-3-5-13(12)20-16(23)10-30-17(24)9-21-14-7-6-11(22(27)28)8-15(14)31-19(21)26/h2-8H,9-10H2,1H3,(H,20,23).